The van der Waals surface area contributed by atoms with Gasteiger partial charge in [0.25, 0.3) is 0 Å². The Balaban J connectivity index is 2.79. The summed E-state index contributed by atoms with van der Waals surface area (Å²) in [5.41, 5.74) is 6.87. The predicted octanol–water partition coefficient (Wildman–Crippen LogP) is 1.96. The first-order valence-electron chi connectivity index (χ1n) is 5.80. The standard InChI is InChI=1S/C13H21NO3/c1-4-16-9-17-13-8-12(15-3)6-5-11(13)7-10(2)14/h5-6,8,10H,4,7,9,14H2,1-3H3. The van der Waals surface area contributed by atoms with Crippen LogP contribution in [-0.4, -0.2) is 26.6 Å². The van der Waals surface area contributed by atoms with Gasteiger partial charge in [-0.25, -0.2) is 0 Å². The maximum absolute atomic E-state index is 5.80. The second kappa shape index (κ2) is 7.14. The van der Waals surface area contributed by atoms with Gasteiger partial charge in [-0.1, -0.05) is 6.07 Å². The molecule has 0 aliphatic carbocycles. The Hall–Kier alpha value is -1.26. The molecule has 2 N–H and O–H groups in total. The Morgan fingerprint density at radius 2 is 2.12 bits per heavy atom. The molecule has 4 nitrogen and oxygen atoms in total. The van der Waals surface area contributed by atoms with E-state index in [-0.39, 0.29) is 12.8 Å². The fraction of sp³-hybridized carbons (Fsp3) is 0.538. The third-order valence-corrected chi connectivity index (χ3v) is 2.32. The molecule has 96 valence electrons. The zero-order valence-electron chi connectivity index (χ0n) is 10.7. The fourth-order valence-corrected chi connectivity index (χ4v) is 1.50. The normalized spacial score (nSPS) is 12.2. The number of hydrogen-bond donors (Lipinski definition) is 1. The van der Waals surface area contributed by atoms with Crippen LogP contribution in [0.1, 0.15) is 19.4 Å². The molecule has 17 heavy (non-hydrogen) atoms. The number of ether oxygens (including phenoxy) is 3. The minimum absolute atomic E-state index is 0.0952. The lowest BCUT2D eigenvalue weighted by Crippen LogP contribution is -2.18. The summed E-state index contributed by atoms with van der Waals surface area (Å²) in [6.07, 6.45) is 0.769. The van der Waals surface area contributed by atoms with Crippen LogP contribution in [0.2, 0.25) is 0 Å². The average molecular weight is 239 g/mol. The summed E-state index contributed by atoms with van der Waals surface area (Å²) in [4.78, 5) is 0. The van der Waals surface area contributed by atoms with Crippen LogP contribution in [0, 0.1) is 0 Å². The molecule has 0 bridgehead atoms. The van der Waals surface area contributed by atoms with Gasteiger partial charge in [0.05, 0.1) is 7.11 Å². The third-order valence-electron chi connectivity index (χ3n) is 2.32. The Morgan fingerprint density at radius 3 is 2.71 bits per heavy atom. The highest BCUT2D eigenvalue weighted by atomic mass is 16.7. The number of hydrogen-bond acceptors (Lipinski definition) is 4. The van der Waals surface area contributed by atoms with Crippen LogP contribution in [0.3, 0.4) is 0 Å². The van der Waals surface area contributed by atoms with Gasteiger partial charge in [0.15, 0.2) is 6.79 Å². The van der Waals surface area contributed by atoms with Crippen LogP contribution in [0.4, 0.5) is 0 Å². The van der Waals surface area contributed by atoms with Crippen molar-refractivity contribution in [2.24, 2.45) is 5.73 Å². The van der Waals surface area contributed by atoms with Crippen LogP contribution >= 0.6 is 0 Å². The van der Waals surface area contributed by atoms with Crippen LogP contribution in [-0.2, 0) is 11.2 Å². The molecule has 1 atom stereocenters. The smallest absolute Gasteiger partial charge is 0.189 e. The molecule has 0 amide bonds. The predicted molar refractivity (Wildman–Crippen MR) is 67.5 cm³/mol. The summed E-state index contributed by atoms with van der Waals surface area (Å²) >= 11 is 0. The molecular weight excluding hydrogens is 218 g/mol. The van der Waals surface area contributed by atoms with E-state index in [4.69, 9.17) is 19.9 Å². The van der Waals surface area contributed by atoms with E-state index in [2.05, 4.69) is 0 Å². The van der Waals surface area contributed by atoms with Crippen molar-refractivity contribution >= 4 is 0 Å². The van der Waals surface area contributed by atoms with E-state index in [0.29, 0.717) is 6.61 Å². The fourth-order valence-electron chi connectivity index (χ4n) is 1.50. The maximum atomic E-state index is 5.80. The summed E-state index contributed by atoms with van der Waals surface area (Å²) < 4.78 is 15.9. The SMILES string of the molecule is CCOCOc1cc(OC)ccc1CC(C)N. The van der Waals surface area contributed by atoms with Crippen molar-refractivity contribution in [1.29, 1.82) is 0 Å². The van der Waals surface area contributed by atoms with E-state index in [1.807, 2.05) is 32.0 Å². The lowest BCUT2D eigenvalue weighted by Gasteiger charge is -2.14. The molecule has 0 saturated heterocycles. The van der Waals surface area contributed by atoms with E-state index in [1.54, 1.807) is 7.11 Å². The van der Waals surface area contributed by atoms with Crippen LogP contribution in [0.5, 0.6) is 11.5 Å². The quantitative estimate of drug-likeness (QED) is 0.583. The molecule has 1 aromatic rings. The van der Waals surface area contributed by atoms with Gasteiger partial charge in [0, 0.05) is 18.7 Å². The van der Waals surface area contributed by atoms with Crippen molar-refractivity contribution in [3.05, 3.63) is 23.8 Å². The largest absolute Gasteiger partial charge is 0.497 e. The van der Waals surface area contributed by atoms with E-state index in [0.717, 1.165) is 23.5 Å². The number of methoxy groups -OCH3 is 1. The number of rotatable bonds is 7. The molecule has 1 aromatic carbocycles. The van der Waals surface area contributed by atoms with Crippen molar-refractivity contribution in [2.75, 3.05) is 20.5 Å². The second-order valence-corrected chi connectivity index (χ2v) is 3.91. The minimum Gasteiger partial charge on any atom is -0.497 e. The van der Waals surface area contributed by atoms with Crippen molar-refractivity contribution in [1.82, 2.24) is 0 Å². The topological polar surface area (TPSA) is 53.7 Å². The molecule has 0 aliphatic heterocycles. The molecule has 0 aromatic heterocycles. The second-order valence-electron chi connectivity index (χ2n) is 3.91. The first-order valence-corrected chi connectivity index (χ1v) is 5.80. The highest BCUT2D eigenvalue weighted by Gasteiger charge is 2.08. The highest BCUT2D eigenvalue weighted by Crippen LogP contribution is 2.25. The van der Waals surface area contributed by atoms with Gasteiger partial charge in [-0.05, 0) is 31.9 Å². The van der Waals surface area contributed by atoms with Gasteiger partial charge in [-0.3, -0.25) is 0 Å². The Kier molecular flexibility index (Phi) is 5.80. The van der Waals surface area contributed by atoms with E-state index < -0.39 is 0 Å². The highest BCUT2D eigenvalue weighted by molar-refractivity contribution is 5.41. The number of nitrogens with two attached hydrogens (primary N) is 1. The molecule has 0 fully saturated rings. The molecule has 1 unspecified atom stereocenters. The summed E-state index contributed by atoms with van der Waals surface area (Å²) in [5, 5.41) is 0. The molecule has 1 rings (SSSR count). The van der Waals surface area contributed by atoms with Gasteiger partial charge < -0.3 is 19.9 Å². The van der Waals surface area contributed by atoms with Gasteiger partial charge >= 0.3 is 0 Å². The third kappa shape index (κ3) is 4.63. The zero-order valence-corrected chi connectivity index (χ0v) is 10.7. The molecule has 0 heterocycles. The van der Waals surface area contributed by atoms with Crippen molar-refractivity contribution in [3.8, 4) is 11.5 Å². The van der Waals surface area contributed by atoms with Gasteiger partial charge in [0.2, 0.25) is 0 Å². The molecule has 0 spiro atoms. The van der Waals surface area contributed by atoms with Crippen LogP contribution < -0.4 is 15.2 Å². The van der Waals surface area contributed by atoms with Crippen LogP contribution in [0.15, 0.2) is 18.2 Å². The van der Waals surface area contributed by atoms with E-state index in [1.165, 1.54) is 0 Å². The zero-order chi connectivity index (χ0) is 12.7. The van der Waals surface area contributed by atoms with E-state index in [9.17, 15) is 0 Å². The molecule has 0 aliphatic rings. The summed E-state index contributed by atoms with van der Waals surface area (Å²) in [5.74, 6) is 1.54. The first kappa shape index (κ1) is 13.8. The van der Waals surface area contributed by atoms with Gasteiger partial charge in [-0.15, -0.1) is 0 Å². The van der Waals surface area contributed by atoms with Crippen LogP contribution in [0.25, 0.3) is 0 Å². The molecular formula is C13H21NO3. The van der Waals surface area contributed by atoms with Crippen molar-refractivity contribution < 1.29 is 14.2 Å². The summed E-state index contributed by atoms with van der Waals surface area (Å²) in [7, 11) is 1.63. The molecule has 0 saturated carbocycles. The lowest BCUT2D eigenvalue weighted by atomic mass is 10.1. The van der Waals surface area contributed by atoms with Crippen molar-refractivity contribution in [3.63, 3.8) is 0 Å². The molecule has 0 radical (unpaired) electrons. The number of benzene rings is 1. The Bertz CT molecular complexity index is 339. The molecule has 4 heteroatoms. The van der Waals surface area contributed by atoms with Gasteiger partial charge in [-0.2, -0.15) is 0 Å². The van der Waals surface area contributed by atoms with E-state index >= 15 is 0 Å². The Morgan fingerprint density at radius 1 is 1.35 bits per heavy atom. The minimum atomic E-state index is 0.0952. The van der Waals surface area contributed by atoms with Crippen molar-refractivity contribution in [2.45, 2.75) is 26.3 Å². The summed E-state index contributed by atoms with van der Waals surface area (Å²) in [6.45, 7) is 4.77. The summed E-state index contributed by atoms with van der Waals surface area (Å²) in [6, 6.07) is 5.84. The first-order chi connectivity index (χ1) is 8.17. The monoisotopic (exact) mass is 239 g/mol. The Labute approximate surface area is 103 Å². The average Bonchev–Trinajstić information content (AvgIpc) is 2.30. The lowest BCUT2D eigenvalue weighted by molar-refractivity contribution is 0.0217. The maximum Gasteiger partial charge on any atom is 0.189 e. The van der Waals surface area contributed by atoms with Gasteiger partial charge in [0.1, 0.15) is 11.5 Å².